The van der Waals surface area contributed by atoms with Gasteiger partial charge in [-0.05, 0) is 66.3 Å². The summed E-state index contributed by atoms with van der Waals surface area (Å²) in [7, 11) is 0. The molecule has 0 saturated carbocycles. The van der Waals surface area contributed by atoms with Crippen molar-refractivity contribution < 1.29 is 0 Å². The Balaban J connectivity index is 1.55. The highest BCUT2D eigenvalue weighted by Crippen LogP contribution is 2.26. The SMILES string of the molecule is CCCCCCCc1ccc(Nc2ccc(-c3ccccc3C)cc2)cc1. The van der Waals surface area contributed by atoms with Crippen LogP contribution in [-0.2, 0) is 6.42 Å². The number of rotatable bonds is 9. The quantitative estimate of drug-likeness (QED) is 0.383. The van der Waals surface area contributed by atoms with Crippen LogP contribution in [0.15, 0.2) is 72.8 Å². The van der Waals surface area contributed by atoms with Crippen molar-refractivity contribution in [1.82, 2.24) is 0 Å². The van der Waals surface area contributed by atoms with Crippen molar-refractivity contribution in [3.05, 3.63) is 83.9 Å². The third-order valence-electron chi connectivity index (χ3n) is 5.15. The molecule has 0 aliphatic rings. The van der Waals surface area contributed by atoms with Gasteiger partial charge in [-0.1, -0.05) is 81.1 Å². The van der Waals surface area contributed by atoms with Crippen molar-refractivity contribution in [2.75, 3.05) is 5.32 Å². The largest absolute Gasteiger partial charge is 0.356 e. The minimum absolute atomic E-state index is 1.12. The first-order chi connectivity index (χ1) is 13.3. The Morgan fingerprint density at radius 3 is 1.96 bits per heavy atom. The van der Waals surface area contributed by atoms with Crippen molar-refractivity contribution in [2.24, 2.45) is 0 Å². The summed E-state index contributed by atoms with van der Waals surface area (Å²) in [6.07, 6.45) is 7.88. The Kier molecular flexibility index (Phi) is 7.10. The Morgan fingerprint density at radius 2 is 1.30 bits per heavy atom. The van der Waals surface area contributed by atoms with Gasteiger partial charge in [0, 0.05) is 11.4 Å². The second-order valence-electron chi connectivity index (χ2n) is 7.38. The highest BCUT2D eigenvalue weighted by Gasteiger charge is 2.02. The maximum absolute atomic E-state index is 3.51. The van der Waals surface area contributed by atoms with Crippen LogP contribution in [0.3, 0.4) is 0 Å². The minimum atomic E-state index is 1.12. The molecule has 1 heteroatoms. The third-order valence-corrected chi connectivity index (χ3v) is 5.15. The normalized spacial score (nSPS) is 10.7. The van der Waals surface area contributed by atoms with Crippen LogP contribution in [0.5, 0.6) is 0 Å². The molecular weight excluding hydrogens is 326 g/mol. The molecule has 0 spiro atoms. The average molecular weight is 358 g/mol. The molecule has 0 heterocycles. The molecule has 1 nitrogen and oxygen atoms in total. The summed E-state index contributed by atoms with van der Waals surface area (Å²) in [4.78, 5) is 0. The fraction of sp³-hybridized carbons (Fsp3) is 0.308. The average Bonchev–Trinajstić information content (AvgIpc) is 2.70. The Labute approximate surface area is 164 Å². The molecule has 0 unspecified atom stereocenters. The summed E-state index contributed by atoms with van der Waals surface area (Å²) in [5, 5.41) is 3.51. The molecular formula is C26H31N. The predicted molar refractivity (Wildman–Crippen MR) is 119 cm³/mol. The monoisotopic (exact) mass is 357 g/mol. The van der Waals surface area contributed by atoms with E-state index in [1.807, 2.05) is 0 Å². The van der Waals surface area contributed by atoms with Gasteiger partial charge in [-0.3, -0.25) is 0 Å². The fourth-order valence-electron chi connectivity index (χ4n) is 3.48. The van der Waals surface area contributed by atoms with Gasteiger partial charge in [0.05, 0.1) is 0 Å². The molecule has 27 heavy (non-hydrogen) atoms. The second-order valence-corrected chi connectivity index (χ2v) is 7.38. The molecule has 0 bridgehead atoms. The Hall–Kier alpha value is -2.54. The lowest BCUT2D eigenvalue weighted by Crippen LogP contribution is -1.92. The van der Waals surface area contributed by atoms with Crippen LogP contribution < -0.4 is 5.32 Å². The maximum Gasteiger partial charge on any atom is 0.0384 e. The summed E-state index contributed by atoms with van der Waals surface area (Å²) in [5.41, 5.74) is 7.58. The van der Waals surface area contributed by atoms with Gasteiger partial charge in [-0.15, -0.1) is 0 Å². The van der Waals surface area contributed by atoms with E-state index < -0.39 is 0 Å². The molecule has 0 aliphatic carbocycles. The molecule has 0 aromatic heterocycles. The van der Waals surface area contributed by atoms with Crippen molar-refractivity contribution >= 4 is 11.4 Å². The van der Waals surface area contributed by atoms with E-state index in [1.165, 1.54) is 60.8 Å². The van der Waals surface area contributed by atoms with Crippen molar-refractivity contribution in [1.29, 1.82) is 0 Å². The molecule has 0 amide bonds. The fourth-order valence-corrected chi connectivity index (χ4v) is 3.48. The lowest BCUT2D eigenvalue weighted by atomic mass is 10.0. The van der Waals surface area contributed by atoms with E-state index in [4.69, 9.17) is 0 Å². The van der Waals surface area contributed by atoms with Crippen LogP contribution in [-0.4, -0.2) is 0 Å². The van der Waals surface area contributed by atoms with E-state index in [-0.39, 0.29) is 0 Å². The van der Waals surface area contributed by atoms with Crippen molar-refractivity contribution in [2.45, 2.75) is 52.4 Å². The number of unbranched alkanes of at least 4 members (excludes halogenated alkanes) is 4. The van der Waals surface area contributed by atoms with E-state index in [0.29, 0.717) is 0 Å². The first-order valence-electron chi connectivity index (χ1n) is 10.3. The van der Waals surface area contributed by atoms with Crippen LogP contribution in [0.1, 0.15) is 50.2 Å². The number of aryl methyl sites for hydroxylation is 2. The summed E-state index contributed by atoms with van der Waals surface area (Å²) < 4.78 is 0. The highest BCUT2D eigenvalue weighted by molar-refractivity contribution is 5.70. The number of benzene rings is 3. The van der Waals surface area contributed by atoms with Crippen LogP contribution in [0, 0.1) is 6.92 Å². The van der Waals surface area contributed by atoms with Crippen LogP contribution in [0.4, 0.5) is 11.4 Å². The second kappa shape index (κ2) is 9.97. The molecule has 0 fully saturated rings. The van der Waals surface area contributed by atoms with E-state index >= 15 is 0 Å². The van der Waals surface area contributed by atoms with E-state index in [2.05, 4.69) is 92.0 Å². The standard InChI is InChI=1S/C26H31N/c1-3-4-5-6-7-11-22-13-17-24(18-14-22)27-25-19-15-23(16-20-25)26-12-9-8-10-21(26)2/h8-10,12-20,27H,3-7,11H2,1-2H3. The first-order valence-corrected chi connectivity index (χ1v) is 10.3. The first kappa shape index (κ1) is 19.2. The third kappa shape index (κ3) is 5.72. The molecule has 3 aromatic rings. The molecule has 0 radical (unpaired) electrons. The molecule has 0 atom stereocenters. The molecule has 140 valence electrons. The van der Waals surface area contributed by atoms with Gasteiger partial charge in [-0.2, -0.15) is 0 Å². The summed E-state index contributed by atoms with van der Waals surface area (Å²) >= 11 is 0. The number of anilines is 2. The van der Waals surface area contributed by atoms with Crippen molar-refractivity contribution in [3.8, 4) is 11.1 Å². The lowest BCUT2D eigenvalue weighted by molar-refractivity contribution is 0.632. The summed E-state index contributed by atoms with van der Waals surface area (Å²) in [6.45, 7) is 4.43. The van der Waals surface area contributed by atoms with Crippen LogP contribution in [0.2, 0.25) is 0 Å². The van der Waals surface area contributed by atoms with Gasteiger partial charge >= 0.3 is 0 Å². The molecule has 0 saturated heterocycles. The smallest absolute Gasteiger partial charge is 0.0384 e. The zero-order valence-corrected chi connectivity index (χ0v) is 16.7. The van der Waals surface area contributed by atoms with E-state index in [1.54, 1.807) is 0 Å². The van der Waals surface area contributed by atoms with Gasteiger partial charge in [0.2, 0.25) is 0 Å². The van der Waals surface area contributed by atoms with Gasteiger partial charge in [0.25, 0.3) is 0 Å². The Morgan fingerprint density at radius 1 is 0.667 bits per heavy atom. The van der Waals surface area contributed by atoms with Gasteiger partial charge in [0.1, 0.15) is 0 Å². The lowest BCUT2D eigenvalue weighted by Gasteiger charge is -2.10. The molecule has 0 aliphatic heterocycles. The predicted octanol–water partition coefficient (Wildman–Crippen LogP) is 7.92. The van der Waals surface area contributed by atoms with Gasteiger partial charge < -0.3 is 5.32 Å². The number of nitrogens with one attached hydrogen (secondary N) is 1. The van der Waals surface area contributed by atoms with E-state index in [0.717, 1.165) is 11.4 Å². The molecule has 3 aromatic carbocycles. The van der Waals surface area contributed by atoms with Crippen LogP contribution in [0.25, 0.3) is 11.1 Å². The Bertz CT molecular complexity index is 816. The highest BCUT2D eigenvalue weighted by atomic mass is 14.9. The minimum Gasteiger partial charge on any atom is -0.356 e. The molecule has 3 rings (SSSR count). The van der Waals surface area contributed by atoms with Gasteiger partial charge in [-0.25, -0.2) is 0 Å². The molecule has 1 N–H and O–H groups in total. The van der Waals surface area contributed by atoms with Crippen molar-refractivity contribution in [3.63, 3.8) is 0 Å². The summed E-state index contributed by atoms with van der Waals surface area (Å²) in [5.74, 6) is 0. The summed E-state index contributed by atoms with van der Waals surface area (Å²) in [6, 6.07) is 26.1. The number of hydrogen-bond donors (Lipinski definition) is 1. The zero-order valence-electron chi connectivity index (χ0n) is 16.7. The zero-order chi connectivity index (χ0) is 18.9. The van der Waals surface area contributed by atoms with Crippen LogP contribution >= 0.6 is 0 Å². The topological polar surface area (TPSA) is 12.0 Å². The maximum atomic E-state index is 3.51. The number of hydrogen-bond acceptors (Lipinski definition) is 1. The van der Waals surface area contributed by atoms with E-state index in [9.17, 15) is 0 Å². The van der Waals surface area contributed by atoms with Gasteiger partial charge in [0.15, 0.2) is 0 Å².